The van der Waals surface area contributed by atoms with Crippen LogP contribution < -0.4 is 21.1 Å². The first-order valence-electron chi connectivity index (χ1n) is 6.07. The number of ether oxygens (including phenoxy) is 1. The van der Waals surface area contributed by atoms with Crippen molar-refractivity contribution in [2.75, 3.05) is 30.7 Å². The number of carbonyl (C=O) groups is 1. The minimum absolute atomic E-state index is 0.0616. The van der Waals surface area contributed by atoms with E-state index >= 15 is 0 Å². The first-order valence-corrected chi connectivity index (χ1v) is 6.07. The van der Waals surface area contributed by atoms with Crippen molar-refractivity contribution in [2.24, 2.45) is 0 Å². The summed E-state index contributed by atoms with van der Waals surface area (Å²) >= 11 is 0. The lowest BCUT2D eigenvalue weighted by atomic mass is 10.4. The Labute approximate surface area is 107 Å². The minimum atomic E-state index is -0.0616. The maximum absolute atomic E-state index is 11.4. The highest BCUT2D eigenvalue weighted by Gasteiger charge is 2.05. The number of hydrogen-bond donors (Lipinski definition) is 3. The van der Waals surface area contributed by atoms with Crippen LogP contribution in [0.5, 0.6) is 5.88 Å². The van der Waals surface area contributed by atoms with Gasteiger partial charge in [-0.3, -0.25) is 4.79 Å². The Hall–Kier alpha value is -1.98. The van der Waals surface area contributed by atoms with Crippen molar-refractivity contribution in [1.29, 1.82) is 0 Å². The third kappa shape index (κ3) is 4.48. The van der Waals surface area contributed by atoms with E-state index in [4.69, 9.17) is 10.5 Å². The van der Waals surface area contributed by atoms with Gasteiger partial charge >= 0.3 is 0 Å². The van der Waals surface area contributed by atoms with Gasteiger partial charge in [0.1, 0.15) is 5.82 Å². The summed E-state index contributed by atoms with van der Waals surface area (Å²) in [4.78, 5) is 15.6. The predicted molar refractivity (Wildman–Crippen MR) is 71.6 cm³/mol. The molecule has 0 fully saturated rings. The second kappa shape index (κ2) is 7.37. The predicted octanol–water partition coefficient (Wildman–Crippen LogP) is 1.00. The van der Waals surface area contributed by atoms with Crippen molar-refractivity contribution in [2.45, 2.75) is 20.3 Å². The average molecular weight is 252 g/mol. The highest BCUT2D eigenvalue weighted by atomic mass is 16.5. The zero-order valence-corrected chi connectivity index (χ0v) is 10.8. The zero-order valence-electron chi connectivity index (χ0n) is 10.8. The molecule has 0 bridgehead atoms. The Morgan fingerprint density at radius 3 is 2.89 bits per heavy atom. The molecule has 0 saturated carbocycles. The van der Waals surface area contributed by atoms with E-state index in [1.165, 1.54) is 0 Å². The van der Waals surface area contributed by atoms with Gasteiger partial charge in [-0.2, -0.15) is 4.98 Å². The molecule has 0 aromatic carbocycles. The number of rotatable bonds is 7. The summed E-state index contributed by atoms with van der Waals surface area (Å²) in [5.41, 5.74) is 6.19. The molecule has 4 N–H and O–H groups in total. The molecule has 6 nitrogen and oxygen atoms in total. The van der Waals surface area contributed by atoms with Crippen LogP contribution in [0.1, 0.15) is 20.3 Å². The number of nitrogens with one attached hydrogen (secondary N) is 2. The third-order valence-electron chi connectivity index (χ3n) is 2.17. The van der Waals surface area contributed by atoms with E-state index in [1.54, 1.807) is 12.1 Å². The van der Waals surface area contributed by atoms with Crippen molar-refractivity contribution in [3.05, 3.63) is 12.1 Å². The monoisotopic (exact) mass is 252 g/mol. The molecular weight excluding hydrogens is 232 g/mol. The fourth-order valence-electron chi connectivity index (χ4n) is 1.30. The number of carbonyl (C=O) groups excluding carboxylic acids is 1. The molecule has 0 radical (unpaired) electrons. The molecule has 0 aliphatic rings. The molecule has 1 aromatic rings. The molecule has 100 valence electrons. The molecule has 1 aromatic heterocycles. The lowest BCUT2D eigenvalue weighted by Gasteiger charge is -2.09. The largest absolute Gasteiger partial charge is 0.476 e. The Kier molecular flexibility index (Phi) is 5.76. The maximum atomic E-state index is 11.4. The van der Waals surface area contributed by atoms with Crippen molar-refractivity contribution in [1.82, 2.24) is 10.3 Å². The molecule has 0 aliphatic carbocycles. The van der Waals surface area contributed by atoms with Gasteiger partial charge in [0, 0.05) is 6.54 Å². The molecule has 18 heavy (non-hydrogen) atoms. The number of aromatic nitrogens is 1. The maximum Gasteiger partial charge on any atom is 0.239 e. The average Bonchev–Trinajstić information content (AvgIpc) is 2.37. The normalized spacial score (nSPS) is 9.89. The molecule has 0 saturated heterocycles. The summed E-state index contributed by atoms with van der Waals surface area (Å²) in [6.07, 6.45) is 0.917. The standard InChI is InChI=1S/C12H20N4O2/c1-3-7-14-11(17)8-15-10-6-5-9(13)12(16-10)18-4-2/h5-6H,3-4,7-8,13H2,1-2H3,(H,14,17)(H,15,16). The molecule has 1 heterocycles. The van der Waals surface area contributed by atoms with Crippen LogP contribution >= 0.6 is 0 Å². The van der Waals surface area contributed by atoms with Crippen molar-refractivity contribution in [3.8, 4) is 5.88 Å². The summed E-state index contributed by atoms with van der Waals surface area (Å²) in [6.45, 7) is 5.23. The van der Waals surface area contributed by atoms with Gasteiger partial charge < -0.3 is 21.1 Å². The topological polar surface area (TPSA) is 89.3 Å². The van der Waals surface area contributed by atoms with Crippen LogP contribution in [0, 0.1) is 0 Å². The number of nitrogen functional groups attached to an aromatic ring is 1. The van der Waals surface area contributed by atoms with E-state index in [0.29, 0.717) is 30.5 Å². The minimum Gasteiger partial charge on any atom is -0.476 e. The van der Waals surface area contributed by atoms with E-state index in [0.717, 1.165) is 6.42 Å². The summed E-state index contributed by atoms with van der Waals surface area (Å²) < 4.78 is 5.27. The number of hydrogen-bond acceptors (Lipinski definition) is 5. The van der Waals surface area contributed by atoms with Crippen molar-refractivity contribution >= 4 is 17.4 Å². The van der Waals surface area contributed by atoms with Crippen molar-refractivity contribution in [3.63, 3.8) is 0 Å². The number of nitrogens with two attached hydrogens (primary N) is 1. The molecule has 6 heteroatoms. The number of nitrogens with zero attached hydrogens (tertiary/aromatic N) is 1. The Balaban J connectivity index is 2.52. The summed E-state index contributed by atoms with van der Waals surface area (Å²) in [7, 11) is 0. The number of anilines is 2. The van der Waals surface area contributed by atoms with Crippen LogP contribution in [0.15, 0.2) is 12.1 Å². The van der Waals surface area contributed by atoms with Crippen molar-refractivity contribution < 1.29 is 9.53 Å². The van der Waals surface area contributed by atoms with Crippen LogP contribution in [-0.2, 0) is 4.79 Å². The van der Waals surface area contributed by atoms with Gasteiger partial charge in [0.05, 0.1) is 18.8 Å². The highest BCUT2D eigenvalue weighted by molar-refractivity contribution is 5.80. The highest BCUT2D eigenvalue weighted by Crippen LogP contribution is 2.20. The first-order chi connectivity index (χ1) is 8.67. The molecule has 0 atom stereocenters. The van der Waals surface area contributed by atoms with E-state index in [-0.39, 0.29) is 12.5 Å². The second-order valence-electron chi connectivity index (χ2n) is 3.73. The molecular formula is C12H20N4O2. The smallest absolute Gasteiger partial charge is 0.239 e. The molecule has 0 aliphatic heterocycles. The van der Waals surface area contributed by atoms with Gasteiger partial charge in [0.15, 0.2) is 0 Å². The number of pyridine rings is 1. The van der Waals surface area contributed by atoms with Gasteiger partial charge in [0.25, 0.3) is 0 Å². The van der Waals surface area contributed by atoms with Gasteiger partial charge in [-0.15, -0.1) is 0 Å². The van der Waals surface area contributed by atoms with E-state index in [2.05, 4.69) is 15.6 Å². The number of amides is 1. The van der Waals surface area contributed by atoms with Crippen LogP contribution in [0.4, 0.5) is 11.5 Å². The van der Waals surface area contributed by atoms with E-state index < -0.39 is 0 Å². The molecule has 0 spiro atoms. The lowest BCUT2D eigenvalue weighted by molar-refractivity contribution is -0.119. The molecule has 1 amide bonds. The van der Waals surface area contributed by atoms with E-state index in [9.17, 15) is 4.79 Å². The van der Waals surface area contributed by atoms with Crippen LogP contribution in [-0.4, -0.2) is 30.6 Å². The van der Waals surface area contributed by atoms with Gasteiger partial charge in [-0.05, 0) is 25.5 Å². The van der Waals surface area contributed by atoms with Crippen LogP contribution in [0.2, 0.25) is 0 Å². The Morgan fingerprint density at radius 2 is 2.22 bits per heavy atom. The van der Waals surface area contributed by atoms with E-state index in [1.807, 2.05) is 13.8 Å². The van der Waals surface area contributed by atoms with Crippen LogP contribution in [0.3, 0.4) is 0 Å². The SMILES string of the molecule is CCCNC(=O)CNc1ccc(N)c(OCC)n1. The lowest BCUT2D eigenvalue weighted by Crippen LogP contribution is -2.30. The Bertz CT molecular complexity index is 396. The second-order valence-corrected chi connectivity index (χ2v) is 3.73. The molecule has 1 rings (SSSR count). The van der Waals surface area contributed by atoms with Gasteiger partial charge in [-0.1, -0.05) is 6.92 Å². The van der Waals surface area contributed by atoms with Gasteiger partial charge in [-0.25, -0.2) is 0 Å². The Morgan fingerprint density at radius 1 is 1.44 bits per heavy atom. The summed E-state index contributed by atoms with van der Waals surface area (Å²) in [5.74, 6) is 0.893. The molecule has 0 unspecified atom stereocenters. The quantitative estimate of drug-likeness (QED) is 0.673. The third-order valence-corrected chi connectivity index (χ3v) is 2.17. The fourth-order valence-corrected chi connectivity index (χ4v) is 1.30. The first kappa shape index (κ1) is 14.1. The zero-order chi connectivity index (χ0) is 13.4. The van der Waals surface area contributed by atoms with Gasteiger partial charge in [0.2, 0.25) is 11.8 Å². The summed E-state index contributed by atoms with van der Waals surface area (Å²) in [6, 6.07) is 3.41. The summed E-state index contributed by atoms with van der Waals surface area (Å²) in [5, 5.41) is 5.69. The van der Waals surface area contributed by atoms with Crippen LogP contribution in [0.25, 0.3) is 0 Å². The fraction of sp³-hybridized carbons (Fsp3) is 0.500.